The number of ether oxygens (including phenoxy) is 1. The molecule has 94 valence electrons. The van der Waals surface area contributed by atoms with Gasteiger partial charge in [0, 0.05) is 11.8 Å². The second-order valence-electron chi connectivity index (χ2n) is 3.71. The normalized spacial score (nSPS) is 10.4. The first-order chi connectivity index (χ1) is 8.70. The molecule has 1 aromatic heterocycles. The van der Waals surface area contributed by atoms with Crippen molar-refractivity contribution in [2.45, 2.75) is 13.3 Å². The Balaban J connectivity index is 2.29. The molecule has 0 fully saturated rings. The van der Waals surface area contributed by atoms with Gasteiger partial charge in [0.1, 0.15) is 10.9 Å². The lowest BCUT2D eigenvalue weighted by molar-refractivity contribution is 0.317. The highest BCUT2D eigenvalue weighted by atomic mass is 79.9. The summed E-state index contributed by atoms with van der Waals surface area (Å²) >= 11 is 9.23. The Labute approximate surface area is 119 Å². The first kappa shape index (κ1) is 13.3. The molecule has 0 aliphatic heterocycles. The van der Waals surface area contributed by atoms with Crippen molar-refractivity contribution in [1.29, 1.82) is 0 Å². The molecule has 18 heavy (non-hydrogen) atoms. The molecule has 0 saturated carbocycles. The SMILES string of the molecule is CCCOc1cccc(-c2ncc(Br)c(Cl)n2)c1. The van der Waals surface area contributed by atoms with Gasteiger partial charge < -0.3 is 4.74 Å². The summed E-state index contributed by atoms with van der Waals surface area (Å²) in [4.78, 5) is 8.45. The lowest BCUT2D eigenvalue weighted by atomic mass is 10.2. The highest BCUT2D eigenvalue weighted by molar-refractivity contribution is 9.10. The van der Waals surface area contributed by atoms with E-state index in [0.29, 0.717) is 22.1 Å². The molecule has 3 nitrogen and oxygen atoms in total. The maximum atomic E-state index is 5.96. The number of hydrogen-bond donors (Lipinski definition) is 0. The molecule has 0 saturated heterocycles. The number of aromatic nitrogens is 2. The minimum Gasteiger partial charge on any atom is -0.494 e. The summed E-state index contributed by atoms with van der Waals surface area (Å²) in [5, 5.41) is 0.403. The molecule has 0 aliphatic rings. The number of rotatable bonds is 4. The van der Waals surface area contributed by atoms with Crippen molar-refractivity contribution in [3.05, 3.63) is 40.1 Å². The second kappa shape index (κ2) is 6.16. The van der Waals surface area contributed by atoms with Crippen molar-refractivity contribution < 1.29 is 4.74 Å². The summed E-state index contributed by atoms with van der Waals surface area (Å²) in [6.07, 6.45) is 2.62. The third-order valence-electron chi connectivity index (χ3n) is 2.27. The van der Waals surface area contributed by atoms with E-state index < -0.39 is 0 Å². The zero-order chi connectivity index (χ0) is 13.0. The van der Waals surface area contributed by atoms with Gasteiger partial charge in [-0.05, 0) is 34.5 Å². The van der Waals surface area contributed by atoms with Crippen molar-refractivity contribution in [1.82, 2.24) is 9.97 Å². The molecule has 0 bridgehead atoms. The number of hydrogen-bond acceptors (Lipinski definition) is 3. The topological polar surface area (TPSA) is 35.0 Å². The van der Waals surface area contributed by atoms with Gasteiger partial charge in [0.25, 0.3) is 0 Å². The average molecular weight is 328 g/mol. The van der Waals surface area contributed by atoms with Crippen LogP contribution in [0.2, 0.25) is 5.15 Å². The highest BCUT2D eigenvalue weighted by Crippen LogP contribution is 2.25. The summed E-state index contributed by atoms with van der Waals surface area (Å²) in [6.45, 7) is 2.77. The molecule has 0 amide bonds. The summed E-state index contributed by atoms with van der Waals surface area (Å²) < 4.78 is 6.26. The quantitative estimate of drug-likeness (QED) is 0.783. The predicted molar refractivity (Wildman–Crippen MR) is 76.0 cm³/mol. The van der Waals surface area contributed by atoms with Crippen molar-refractivity contribution in [3.63, 3.8) is 0 Å². The number of benzene rings is 1. The summed E-state index contributed by atoms with van der Waals surface area (Å²) in [7, 11) is 0. The molecule has 0 radical (unpaired) electrons. The van der Waals surface area contributed by atoms with Crippen LogP contribution >= 0.6 is 27.5 Å². The molecule has 0 unspecified atom stereocenters. The van der Waals surface area contributed by atoms with Gasteiger partial charge in [0.05, 0.1) is 11.1 Å². The van der Waals surface area contributed by atoms with Crippen LogP contribution in [-0.2, 0) is 0 Å². The molecular weight excluding hydrogens is 316 g/mol. The van der Waals surface area contributed by atoms with E-state index >= 15 is 0 Å². The fourth-order valence-corrected chi connectivity index (χ4v) is 1.75. The van der Waals surface area contributed by atoms with E-state index in [-0.39, 0.29) is 0 Å². The Bertz CT molecular complexity index is 548. The van der Waals surface area contributed by atoms with Crippen molar-refractivity contribution in [2.75, 3.05) is 6.61 Å². The van der Waals surface area contributed by atoms with Crippen LogP contribution in [0.4, 0.5) is 0 Å². The van der Waals surface area contributed by atoms with E-state index in [4.69, 9.17) is 16.3 Å². The Morgan fingerprint density at radius 2 is 2.22 bits per heavy atom. The van der Waals surface area contributed by atoms with E-state index in [1.807, 2.05) is 24.3 Å². The molecule has 2 aromatic rings. The van der Waals surface area contributed by atoms with Crippen LogP contribution in [0.25, 0.3) is 11.4 Å². The molecule has 0 aliphatic carbocycles. The maximum Gasteiger partial charge on any atom is 0.161 e. The van der Waals surface area contributed by atoms with E-state index in [1.54, 1.807) is 6.20 Å². The zero-order valence-electron chi connectivity index (χ0n) is 9.86. The summed E-state index contributed by atoms with van der Waals surface area (Å²) in [6, 6.07) is 7.67. The Morgan fingerprint density at radius 3 is 2.94 bits per heavy atom. The minimum atomic E-state index is 0.403. The lowest BCUT2D eigenvalue weighted by Gasteiger charge is -2.06. The number of halogens is 2. The maximum absolute atomic E-state index is 5.96. The van der Waals surface area contributed by atoms with Gasteiger partial charge in [-0.2, -0.15) is 0 Å². The predicted octanol–water partition coefficient (Wildman–Crippen LogP) is 4.35. The summed E-state index contributed by atoms with van der Waals surface area (Å²) in [5.41, 5.74) is 0.887. The van der Waals surface area contributed by atoms with Crippen LogP contribution in [0, 0.1) is 0 Å². The monoisotopic (exact) mass is 326 g/mol. The lowest BCUT2D eigenvalue weighted by Crippen LogP contribution is -1.95. The van der Waals surface area contributed by atoms with Crippen LogP contribution in [0.3, 0.4) is 0 Å². The standard InChI is InChI=1S/C13H12BrClN2O/c1-2-6-18-10-5-3-4-9(7-10)13-16-8-11(14)12(15)17-13/h3-5,7-8H,2,6H2,1H3. The van der Waals surface area contributed by atoms with Gasteiger partial charge in [0.15, 0.2) is 5.82 Å². The van der Waals surface area contributed by atoms with Crippen LogP contribution < -0.4 is 4.74 Å². The zero-order valence-corrected chi connectivity index (χ0v) is 12.2. The van der Waals surface area contributed by atoms with Crippen LogP contribution in [0.5, 0.6) is 5.75 Å². The van der Waals surface area contributed by atoms with E-state index in [1.165, 1.54) is 0 Å². The second-order valence-corrected chi connectivity index (χ2v) is 4.92. The molecule has 1 heterocycles. The van der Waals surface area contributed by atoms with Gasteiger partial charge in [0.2, 0.25) is 0 Å². The van der Waals surface area contributed by atoms with Crippen molar-refractivity contribution in [3.8, 4) is 17.1 Å². The van der Waals surface area contributed by atoms with Crippen molar-refractivity contribution in [2.24, 2.45) is 0 Å². The Kier molecular flexibility index (Phi) is 4.55. The first-order valence-corrected chi connectivity index (χ1v) is 6.79. The van der Waals surface area contributed by atoms with Gasteiger partial charge >= 0.3 is 0 Å². The van der Waals surface area contributed by atoms with Gasteiger partial charge in [-0.25, -0.2) is 9.97 Å². The average Bonchev–Trinajstić information content (AvgIpc) is 2.40. The third-order valence-corrected chi connectivity index (χ3v) is 3.36. The Hall–Kier alpha value is -1.13. The van der Waals surface area contributed by atoms with E-state index in [9.17, 15) is 0 Å². The summed E-state index contributed by atoms with van der Waals surface area (Å²) in [5.74, 6) is 1.40. The molecule has 0 N–H and O–H groups in total. The highest BCUT2D eigenvalue weighted by Gasteiger charge is 2.06. The fraction of sp³-hybridized carbons (Fsp3) is 0.231. The van der Waals surface area contributed by atoms with Crippen molar-refractivity contribution >= 4 is 27.5 Å². The van der Waals surface area contributed by atoms with Gasteiger partial charge in [-0.3, -0.25) is 0 Å². The minimum absolute atomic E-state index is 0.403. The largest absolute Gasteiger partial charge is 0.494 e. The number of nitrogens with zero attached hydrogens (tertiary/aromatic N) is 2. The molecule has 0 atom stereocenters. The molecule has 5 heteroatoms. The third kappa shape index (κ3) is 3.21. The molecule has 0 spiro atoms. The first-order valence-electron chi connectivity index (χ1n) is 5.62. The molecule has 1 aromatic carbocycles. The van der Waals surface area contributed by atoms with Crippen LogP contribution in [0.1, 0.15) is 13.3 Å². The smallest absolute Gasteiger partial charge is 0.161 e. The Morgan fingerprint density at radius 1 is 1.39 bits per heavy atom. The van der Waals surface area contributed by atoms with Crippen LogP contribution in [-0.4, -0.2) is 16.6 Å². The fourth-order valence-electron chi connectivity index (χ4n) is 1.43. The molecular formula is C13H12BrClN2O. The van der Waals surface area contributed by atoms with E-state index in [2.05, 4.69) is 32.8 Å². The van der Waals surface area contributed by atoms with Crippen LogP contribution in [0.15, 0.2) is 34.9 Å². The van der Waals surface area contributed by atoms with E-state index in [0.717, 1.165) is 17.7 Å². The van der Waals surface area contributed by atoms with Gasteiger partial charge in [-0.1, -0.05) is 30.7 Å². The van der Waals surface area contributed by atoms with Gasteiger partial charge in [-0.15, -0.1) is 0 Å². The molecule has 2 rings (SSSR count).